The van der Waals surface area contributed by atoms with Crippen molar-refractivity contribution in [2.75, 3.05) is 6.54 Å². The fraction of sp³-hybridized carbons (Fsp3) is 0.583. The summed E-state index contributed by atoms with van der Waals surface area (Å²) in [5, 5.41) is 0. The minimum absolute atomic E-state index is 0.200. The molecule has 1 aliphatic rings. The molecule has 0 amide bonds. The summed E-state index contributed by atoms with van der Waals surface area (Å²) in [4.78, 5) is 4.19. The van der Waals surface area contributed by atoms with Crippen LogP contribution in [0.4, 0.5) is 0 Å². The lowest BCUT2D eigenvalue weighted by Crippen LogP contribution is -2.25. The molecule has 5 nitrogen and oxygen atoms in total. The molecule has 0 bridgehead atoms. The van der Waals surface area contributed by atoms with E-state index in [1.807, 2.05) is 0 Å². The maximum absolute atomic E-state index is 11.9. The van der Waals surface area contributed by atoms with Gasteiger partial charge in [-0.15, -0.1) is 0 Å². The van der Waals surface area contributed by atoms with E-state index < -0.39 is 10.0 Å². The largest absolute Gasteiger partial charge is 0.325 e. The molecule has 0 atom stereocenters. The van der Waals surface area contributed by atoms with Crippen LogP contribution in [-0.4, -0.2) is 19.9 Å². The first-order valence-electron chi connectivity index (χ1n) is 6.26. The van der Waals surface area contributed by atoms with Gasteiger partial charge in [0.2, 0.25) is 10.0 Å². The number of rotatable bonds is 7. The predicted molar refractivity (Wildman–Crippen MR) is 69.3 cm³/mol. The predicted octanol–water partition coefficient (Wildman–Crippen LogP) is 1.01. The van der Waals surface area contributed by atoms with Gasteiger partial charge in [0.25, 0.3) is 0 Å². The highest BCUT2D eigenvalue weighted by Crippen LogP contribution is 2.33. The normalized spacial score (nSPS) is 15.8. The van der Waals surface area contributed by atoms with Crippen molar-refractivity contribution < 1.29 is 8.42 Å². The van der Waals surface area contributed by atoms with Gasteiger partial charge in [-0.1, -0.05) is 12.8 Å². The average molecular weight is 269 g/mol. The smallest absolute Gasteiger partial charge is 0.242 e. The fourth-order valence-corrected chi connectivity index (χ4v) is 2.80. The van der Waals surface area contributed by atoms with Crippen LogP contribution in [0.3, 0.4) is 0 Å². The first-order valence-corrected chi connectivity index (χ1v) is 7.75. The van der Waals surface area contributed by atoms with Crippen molar-refractivity contribution in [3.63, 3.8) is 0 Å². The number of hydrogen-bond acceptors (Lipinski definition) is 4. The van der Waals surface area contributed by atoms with Crippen LogP contribution in [0.1, 0.15) is 31.4 Å². The van der Waals surface area contributed by atoms with E-state index in [0.717, 1.165) is 18.8 Å². The molecule has 0 spiro atoms. The van der Waals surface area contributed by atoms with Crippen LogP contribution < -0.4 is 10.5 Å². The fourth-order valence-electron chi connectivity index (χ4n) is 1.78. The van der Waals surface area contributed by atoms with Crippen molar-refractivity contribution >= 4 is 10.0 Å². The van der Waals surface area contributed by atoms with Crippen LogP contribution in [0.5, 0.6) is 0 Å². The van der Waals surface area contributed by atoms with Gasteiger partial charge in [0.1, 0.15) is 4.90 Å². The van der Waals surface area contributed by atoms with Crippen LogP contribution in [0.15, 0.2) is 23.2 Å². The molecule has 6 heteroatoms. The lowest BCUT2D eigenvalue weighted by Gasteiger charge is -2.06. The summed E-state index contributed by atoms with van der Waals surface area (Å²) in [6.07, 6.45) is 5.98. The standard InChI is InChI=1S/C12H19N3O2S/c13-8-11-5-6-12(9-14-11)18(16,17)15-7-1-2-10-3-4-10/h5-6,9-10,15H,1-4,7-8,13H2. The Balaban J connectivity index is 1.87. The Morgan fingerprint density at radius 1 is 1.39 bits per heavy atom. The number of nitrogens with one attached hydrogen (secondary N) is 1. The Kier molecular flexibility index (Phi) is 4.31. The zero-order valence-electron chi connectivity index (χ0n) is 10.3. The number of aromatic nitrogens is 1. The molecule has 3 N–H and O–H groups in total. The Morgan fingerprint density at radius 3 is 2.72 bits per heavy atom. The molecule has 0 aliphatic heterocycles. The number of nitrogens with two attached hydrogens (primary N) is 1. The monoisotopic (exact) mass is 269 g/mol. The van der Waals surface area contributed by atoms with Crippen molar-refractivity contribution in [1.82, 2.24) is 9.71 Å². The van der Waals surface area contributed by atoms with Gasteiger partial charge >= 0.3 is 0 Å². The van der Waals surface area contributed by atoms with Gasteiger partial charge < -0.3 is 5.73 Å². The Labute approximate surface area is 108 Å². The Bertz CT molecular complexity index is 481. The van der Waals surface area contributed by atoms with E-state index in [1.165, 1.54) is 19.0 Å². The minimum atomic E-state index is -3.42. The molecule has 0 saturated heterocycles. The summed E-state index contributed by atoms with van der Waals surface area (Å²) in [5.41, 5.74) is 6.10. The van der Waals surface area contributed by atoms with E-state index >= 15 is 0 Å². The molecule has 1 aromatic heterocycles. The van der Waals surface area contributed by atoms with E-state index in [1.54, 1.807) is 12.1 Å². The van der Waals surface area contributed by atoms with Gasteiger partial charge in [-0.2, -0.15) is 0 Å². The lowest BCUT2D eigenvalue weighted by molar-refractivity contribution is 0.572. The summed E-state index contributed by atoms with van der Waals surface area (Å²) in [6, 6.07) is 3.18. The number of pyridine rings is 1. The van der Waals surface area contributed by atoms with Gasteiger partial charge in [0, 0.05) is 19.3 Å². The molecule has 1 heterocycles. The zero-order chi connectivity index (χ0) is 13.0. The molecule has 1 aliphatic carbocycles. The van der Waals surface area contributed by atoms with Gasteiger partial charge in [0.05, 0.1) is 5.69 Å². The van der Waals surface area contributed by atoms with E-state index in [0.29, 0.717) is 18.8 Å². The molecule has 100 valence electrons. The van der Waals surface area contributed by atoms with Gasteiger partial charge in [0.15, 0.2) is 0 Å². The summed E-state index contributed by atoms with van der Waals surface area (Å²) >= 11 is 0. The molecular formula is C12H19N3O2S. The molecule has 2 rings (SSSR count). The molecule has 0 radical (unpaired) electrons. The van der Waals surface area contributed by atoms with Crippen LogP contribution in [-0.2, 0) is 16.6 Å². The maximum Gasteiger partial charge on any atom is 0.242 e. The van der Waals surface area contributed by atoms with Crippen molar-refractivity contribution in [2.24, 2.45) is 11.7 Å². The average Bonchev–Trinajstić information content (AvgIpc) is 3.19. The van der Waals surface area contributed by atoms with Crippen molar-refractivity contribution in [3.05, 3.63) is 24.0 Å². The second kappa shape index (κ2) is 5.77. The van der Waals surface area contributed by atoms with Crippen LogP contribution in [0.2, 0.25) is 0 Å². The first kappa shape index (κ1) is 13.5. The summed E-state index contributed by atoms with van der Waals surface area (Å²) in [5.74, 6) is 0.833. The summed E-state index contributed by atoms with van der Waals surface area (Å²) in [6.45, 7) is 0.812. The number of hydrogen-bond donors (Lipinski definition) is 2. The molecule has 1 aromatic rings. The third-order valence-corrected chi connectivity index (χ3v) is 4.54. The molecular weight excluding hydrogens is 250 g/mol. The van der Waals surface area contributed by atoms with Crippen molar-refractivity contribution in [3.8, 4) is 0 Å². The Morgan fingerprint density at radius 2 is 2.17 bits per heavy atom. The SMILES string of the molecule is NCc1ccc(S(=O)(=O)NCCCC2CC2)cn1. The van der Waals surface area contributed by atoms with Gasteiger partial charge in [-0.3, -0.25) is 4.98 Å². The van der Waals surface area contributed by atoms with E-state index in [2.05, 4.69) is 9.71 Å². The summed E-state index contributed by atoms with van der Waals surface area (Å²) < 4.78 is 26.4. The minimum Gasteiger partial charge on any atom is -0.325 e. The molecule has 0 aromatic carbocycles. The third-order valence-electron chi connectivity index (χ3n) is 3.10. The Hall–Kier alpha value is -0.980. The van der Waals surface area contributed by atoms with Crippen molar-refractivity contribution in [2.45, 2.75) is 37.1 Å². The number of nitrogens with zero attached hydrogens (tertiary/aromatic N) is 1. The van der Waals surface area contributed by atoms with E-state index in [4.69, 9.17) is 5.73 Å². The zero-order valence-corrected chi connectivity index (χ0v) is 11.1. The molecule has 0 unspecified atom stereocenters. The van der Waals surface area contributed by atoms with E-state index in [9.17, 15) is 8.42 Å². The highest BCUT2D eigenvalue weighted by molar-refractivity contribution is 7.89. The van der Waals surface area contributed by atoms with Gasteiger partial charge in [-0.25, -0.2) is 13.1 Å². The molecule has 18 heavy (non-hydrogen) atoms. The highest BCUT2D eigenvalue weighted by Gasteiger charge is 2.20. The second-order valence-corrected chi connectivity index (χ2v) is 6.44. The van der Waals surface area contributed by atoms with Crippen LogP contribution in [0.25, 0.3) is 0 Å². The first-order chi connectivity index (χ1) is 8.62. The van der Waals surface area contributed by atoms with Crippen molar-refractivity contribution in [1.29, 1.82) is 0 Å². The topological polar surface area (TPSA) is 85.1 Å². The summed E-state index contributed by atoms with van der Waals surface area (Å²) in [7, 11) is -3.42. The molecule has 1 saturated carbocycles. The quantitative estimate of drug-likeness (QED) is 0.723. The highest BCUT2D eigenvalue weighted by atomic mass is 32.2. The third kappa shape index (κ3) is 3.76. The van der Waals surface area contributed by atoms with Crippen LogP contribution in [0, 0.1) is 5.92 Å². The number of sulfonamides is 1. The second-order valence-electron chi connectivity index (χ2n) is 4.67. The lowest BCUT2D eigenvalue weighted by atomic mass is 10.2. The van der Waals surface area contributed by atoms with Crippen LogP contribution >= 0.6 is 0 Å². The maximum atomic E-state index is 11.9. The van der Waals surface area contributed by atoms with Gasteiger partial charge in [-0.05, 0) is 30.9 Å². The molecule has 1 fully saturated rings. The van der Waals surface area contributed by atoms with E-state index in [-0.39, 0.29) is 4.90 Å².